The minimum absolute atomic E-state index is 0.102. The number of amides is 1. The lowest BCUT2D eigenvalue weighted by molar-refractivity contribution is -0.0705. The van der Waals surface area contributed by atoms with Crippen LogP contribution in [0.5, 0.6) is 0 Å². The van der Waals surface area contributed by atoms with Gasteiger partial charge < -0.3 is 14.5 Å². The van der Waals surface area contributed by atoms with E-state index in [9.17, 15) is 4.79 Å². The molecule has 0 radical (unpaired) electrons. The van der Waals surface area contributed by atoms with Crippen LogP contribution in [0.2, 0.25) is 0 Å². The highest BCUT2D eigenvalue weighted by Crippen LogP contribution is 2.17. The summed E-state index contributed by atoms with van der Waals surface area (Å²) in [5.74, 6) is 0.539. The number of benzene rings is 1. The first kappa shape index (κ1) is 17.7. The third kappa shape index (κ3) is 4.50. The number of morpholine rings is 1. The lowest BCUT2D eigenvalue weighted by atomic mass is 10.1. The summed E-state index contributed by atoms with van der Waals surface area (Å²) >= 11 is 0. The Balaban J connectivity index is 1.65. The Morgan fingerprint density at radius 3 is 2.48 bits per heavy atom. The van der Waals surface area contributed by atoms with Crippen molar-refractivity contribution in [2.75, 3.05) is 13.1 Å². The van der Waals surface area contributed by atoms with Crippen LogP contribution in [-0.4, -0.2) is 36.1 Å². The second-order valence-corrected chi connectivity index (χ2v) is 6.79. The first-order valence-electron chi connectivity index (χ1n) is 8.80. The zero-order valence-electron chi connectivity index (χ0n) is 15.1. The minimum atomic E-state index is -0.102. The summed E-state index contributed by atoms with van der Waals surface area (Å²) in [6, 6.07) is 9.97. The van der Waals surface area contributed by atoms with E-state index in [1.165, 1.54) is 5.56 Å². The zero-order chi connectivity index (χ0) is 17.8. The first-order chi connectivity index (χ1) is 12.0. The fourth-order valence-electron chi connectivity index (χ4n) is 3.43. The highest BCUT2D eigenvalue weighted by molar-refractivity contribution is 5.94. The normalized spacial score (nSPS) is 21.2. The summed E-state index contributed by atoms with van der Waals surface area (Å²) in [6.07, 6.45) is 2.04. The molecule has 1 aromatic carbocycles. The predicted molar refractivity (Wildman–Crippen MR) is 96.3 cm³/mol. The summed E-state index contributed by atoms with van der Waals surface area (Å²) < 4.78 is 11.0. The van der Waals surface area contributed by atoms with E-state index < -0.39 is 0 Å². The highest BCUT2D eigenvalue weighted by atomic mass is 16.5. The van der Waals surface area contributed by atoms with Crippen molar-refractivity contribution < 1.29 is 13.9 Å². The summed E-state index contributed by atoms with van der Waals surface area (Å²) in [5, 5.41) is 3.00. The number of nitrogens with zero attached hydrogens (tertiary/aromatic N) is 1. The van der Waals surface area contributed by atoms with Crippen LogP contribution >= 0.6 is 0 Å². The second-order valence-electron chi connectivity index (χ2n) is 6.79. The molecule has 1 aromatic heterocycles. The second kappa shape index (κ2) is 7.85. The van der Waals surface area contributed by atoms with Crippen LogP contribution < -0.4 is 5.32 Å². The van der Waals surface area contributed by atoms with E-state index in [0.717, 1.165) is 25.2 Å². The maximum absolute atomic E-state index is 12.3. The zero-order valence-corrected chi connectivity index (χ0v) is 15.1. The lowest BCUT2D eigenvalue weighted by Gasteiger charge is -2.35. The molecule has 3 rings (SSSR count). The van der Waals surface area contributed by atoms with E-state index >= 15 is 0 Å². The van der Waals surface area contributed by atoms with E-state index in [0.29, 0.717) is 17.9 Å². The van der Waals surface area contributed by atoms with Crippen molar-refractivity contribution in [1.82, 2.24) is 10.2 Å². The smallest absolute Gasteiger partial charge is 0.255 e. The van der Waals surface area contributed by atoms with Crippen molar-refractivity contribution in [3.05, 3.63) is 59.0 Å². The SMILES string of the molecule is Cc1occc1C(=O)NCc1ccccc1CN1C[C@H](C)O[C@@H](C)C1. The van der Waals surface area contributed by atoms with Gasteiger partial charge in [0.1, 0.15) is 5.76 Å². The van der Waals surface area contributed by atoms with Crippen molar-refractivity contribution in [1.29, 1.82) is 0 Å². The number of hydrogen-bond acceptors (Lipinski definition) is 4. The van der Waals surface area contributed by atoms with Gasteiger partial charge in [0.15, 0.2) is 0 Å². The van der Waals surface area contributed by atoms with Crippen LogP contribution in [0.3, 0.4) is 0 Å². The molecular weight excluding hydrogens is 316 g/mol. The Kier molecular flexibility index (Phi) is 5.56. The van der Waals surface area contributed by atoms with Crippen LogP contribution in [0, 0.1) is 6.92 Å². The Labute approximate surface area is 149 Å². The van der Waals surface area contributed by atoms with Gasteiger partial charge in [0.05, 0.1) is 24.0 Å². The molecule has 0 saturated carbocycles. The lowest BCUT2D eigenvalue weighted by Crippen LogP contribution is -2.45. The number of ether oxygens (including phenoxy) is 1. The molecule has 1 amide bonds. The molecule has 1 aliphatic rings. The molecular formula is C20H26N2O3. The monoisotopic (exact) mass is 342 g/mol. The molecule has 2 aromatic rings. The molecule has 5 heteroatoms. The van der Waals surface area contributed by atoms with Gasteiger partial charge >= 0.3 is 0 Å². The van der Waals surface area contributed by atoms with Crippen LogP contribution in [-0.2, 0) is 17.8 Å². The highest BCUT2D eigenvalue weighted by Gasteiger charge is 2.22. The molecule has 2 heterocycles. The number of nitrogens with one attached hydrogen (secondary N) is 1. The van der Waals surface area contributed by atoms with Gasteiger partial charge in [0, 0.05) is 26.2 Å². The Hall–Kier alpha value is -2.11. The molecule has 0 spiro atoms. The van der Waals surface area contributed by atoms with Crippen molar-refractivity contribution >= 4 is 5.91 Å². The minimum Gasteiger partial charge on any atom is -0.469 e. The van der Waals surface area contributed by atoms with Gasteiger partial charge in [-0.3, -0.25) is 9.69 Å². The largest absolute Gasteiger partial charge is 0.469 e. The van der Waals surface area contributed by atoms with Gasteiger partial charge in [-0.1, -0.05) is 24.3 Å². The third-order valence-electron chi connectivity index (χ3n) is 4.55. The average molecular weight is 342 g/mol. The van der Waals surface area contributed by atoms with Crippen molar-refractivity contribution in [3.63, 3.8) is 0 Å². The molecule has 134 valence electrons. The summed E-state index contributed by atoms with van der Waals surface area (Å²) in [5.41, 5.74) is 2.98. The van der Waals surface area contributed by atoms with E-state index in [1.807, 2.05) is 12.1 Å². The van der Waals surface area contributed by atoms with Gasteiger partial charge in [0.25, 0.3) is 5.91 Å². The quantitative estimate of drug-likeness (QED) is 0.907. The fraction of sp³-hybridized carbons (Fsp3) is 0.450. The van der Waals surface area contributed by atoms with Crippen molar-refractivity contribution in [2.24, 2.45) is 0 Å². The van der Waals surface area contributed by atoms with Crippen LogP contribution in [0.15, 0.2) is 41.0 Å². The van der Waals surface area contributed by atoms with Crippen molar-refractivity contribution in [3.8, 4) is 0 Å². The van der Waals surface area contributed by atoms with Gasteiger partial charge in [-0.15, -0.1) is 0 Å². The third-order valence-corrected chi connectivity index (χ3v) is 4.55. The fourth-order valence-corrected chi connectivity index (χ4v) is 3.43. The standard InChI is InChI=1S/C20H26N2O3/c1-14-11-22(12-15(2)25-14)13-18-7-5-4-6-17(18)10-21-20(23)19-8-9-24-16(19)3/h4-9,14-15H,10-13H2,1-3H3,(H,21,23)/t14-,15-/m0/s1. The molecule has 0 unspecified atom stereocenters. The van der Waals surface area contributed by atoms with E-state index in [-0.39, 0.29) is 18.1 Å². The molecule has 1 aliphatic heterocycles. The van der Waals surface area contributed by atoms with E-state index in [1.54, 1.807) is 19.3 Å². The van der Waals surface area contributed by atoms with Gasteiger partial charge in [-0.2, -0.15) is 0 Å². The average Bonchev–Trinajstić information content (AvgIpc) is 2.99. The maximum atomic E-state index is 12.3. The van der Waals surface area contributed by atoms with Gasteiger partial charge in [0.2, 0.25) is 0 Å². The molecule has 5 nitrogen and oxygen atoms in total. The summed E-state index contributed by atoms with van der Waals surface area (Å²) in [6.45, 7) is 9.26. The number of hydrogen-bond donors (Lipinski definition) is 1. The molecule has 1 fully saturated rings. The Bertz CT molecular complexity index is 715. The molecule has 0 aliphatic carbocycles. The molecule has 25 heavy (non-hydrogen) atoms. The van der Waals surface area contributed by atoms with E-state index in [2.05, 4.69) is 36.2 Å². The maximum Gasteiger partial charge on any atom is 0.255 e. The number of furan rings is 1. The van der Waals surface area contributed by atoms with Crippen LogP contribution in [0.1, 0.15) is 41.1 Å². The molecule has 1 N–H and O–H groups in total. The number of rotatable bonds is 5. The van der Waals surface area contributed by atoms with Crippen LogP contribution in [0.4, 0.5) is 0 Å². The van der Waals surface area contributed by atoms with Crippen LogP contribution in [0.25, 0.3) is 0 Å². The summed E-state index contributed by atoms with van der Waals surface area (Å²) in [7, 11) is 0. The topological polar surface area (TPSA) is 54.7 Å². The molecule has 0 bridgehead atoms. The number of carbonyl (C=O) groups is 1. The van der Waals surface area contributed by atoms with Gasteiger partial charge in [-0.25, -0.2) is 0 Å². The predicted octanol–water partition coefficient (Wildman–Crippen LogP) is 3.13. The Morgan fingerprint density at radius 1 is 1.16 bits per heavy atom. The number of aryl methyl sites for hydroxylation is 1. The number of carbonyl (C=O) groups excluding carboxylic acids is 1. The first-order valence-corrected chi connectivity index (χ1v) is 8.80. The van der Waals surface area contributed by atoms with Gasteiger partial charge in [-0.05, 0) is 38.0 Å². The molecule has 2 atom stereocenters. The van der Waals surface area contributed by atoms with E-state index in [4.69, 9.17) is 9.15 Å². The van der Waals surface area contributed by atoms with Crippen molar-refractivity contribution in [2.45, 2.75) is 46.1 Å². The molecule has 1 saturated heterocycles. The summed E-state index contributed by atoms with van der Waals surface area (Å²) in [4.78, 5) is 14.7. The Morgan fingerprint density at radius 2 is 1.84 bits per heavy atom.